The fraction of sp³-hybridized carbons (Fsp3) is 0.409. The lowest BCUT2D eigenvalue weighted by Crippen LogP contribution is -2.50. The number of aliphatic hydroxyl groups excluding tert-OH is 1. The van der Waals surface area contributed by atoms with Gasteiger partial charge >= 0.3 is 0 Å². The van der Waals surface area contributed by atoms with Gasteiger partial charge in [-0.1, -0.05) is 55.8 Å². The number of aliphatic imine (C=N–C) groups is 1. The molecule has 4 nitrogen and oxygen atoms in total. The van der Waals surface area contributed by atoms with Crippen molar-refractivity contribution in [3.05, 3.63) is 59.7 Å². The third-order valence-corrected chi connectivity index (χ3v) is 5.34. The molecule has 0 fully saturated rings. The van der Waals surface area contributed by atoms with Crippen LogP contribution in [-0.2, 0) is 12.0 Å². The normalized spacial score (nSPS) is 23.0. The zero-order chi connectivity index (χ0) is 18.7. The number of benzene rings is 2. The van der Waals surface area contributed by atoms with Gasteiger partial charge in [-0.05, 0) is 48.1 Å². The molecule has 4 heteroatoms. The molecule has 0 spiro atoms. The van der Waals surface area contributed by atoms with Crippen LogP contribution < -0.4 is 5.73 Å². The fourth-order valence-corrected chi connectivity index (χ4v) is 3.48. The Labute approximate surface area is 156 Å². The van der Waals surface area contributed by atoms with E-state index in [9.17, 15) is 5.11 Å². The van der Waals surface area contributed by atoms with Gasteiger partial charge in [-0.2, -0.15) is 0 Å². The van der Waals surface area contributed by atoms with Gasteiger partial charge in [0.1, 0.15) is 6.23 Å². The molecule has 2 aromatic carbocycles. The van der Waals surface area contributed by atoms with Crippen molar-refractivity contribution in [1.29, 1.82) is 0 Å². The molecule has 138 valence electrons. The molecule has 1 heterocycles. The Kier molecular flexibility index (Phi) is 5.33. The van der Waals surface area contributed by atoms with Crippen LogP contribution in [0.15, 0.2) is 53.5 Å². The number of rotatable bonds is 5. The molecule has 0 saturated carbocycles. The molecule has 0 saturated heterocycles. The smallest absolute Gasteiger partial charge is 0.193 e. The molecule has 1 aliphatic rings. The van der Waals surface area contributed by atoms with E-state index < -0.39 is 11.8 Å². The van der Waals surface area contributed by atoms with Crippen LogP contribution >= 0.6 is 0 Å². The first kappa shape index (κ1) is 18.5. The van der Waals surface area contributed by atoms with Crippen molar-refractivity contribution < 1.29 is 5.11 Å². The number of hydrogen-bond donors (Lipinski definition) is 2. The molecule has 26 heavy (non-hydrogen) atoms. The van der Waals surface area contributed by atoms with Crippen molar-refractivity contribution in [2.24, 2.45) is 10.7 Å². The van der Waals surface area contributed by atoms with Gasteiger partial charge in [0.2, 0.25) is 0 Å². The fourth-order valence-electron chi connectivity index (χ4n) is 3.48. The maximum Gasteiger partial charge on any atom is 0.193 e. The first-order valence-electron chi connectivity index (χ1n) is 9.39. The maximum atomic E-state index is 10.3. The SMILES string of the molecule is CCCCc1ccc(-c2cccc(C3(C)CC(O)N(C)C(N)=N3)c2)cc1. The summed E-state index contributed by atoms with van der Waals surface area (Å²) in [5.41, 5.74) is 10.3. The second kappa shape index (κ2) is 7.50. The third kappa shape index (κ3) is 3.75. The zero-order valence-electron chi connectivity index (χ0n) is 15.9. The van der Waals surface area contributed by atoms with E-state index >= 15 is 0 Å². The van der Waals surface area contributed by atoms with E-state index in [-0.39, 0.29) is 0 Å². The minimum Gasteiger partial charge on any atom is -0.373 e. The van der Waals surface area contributed by atoms with Crippen LogP contribution in [0.25, 0.3) is 11.1 Å². The highest BCUT2D eigenvalue weighted by atomic mass is 16.3. The lowest BCUT2D eigenvalue weighted by Gasteiger charge is -2.38. The number of nitrogens with two attached hydrogens (primary N) is 1. The van der Waals surface area contributed by atoms with Crippen LogP contribution in [-0.4, -0.2) is 29.2 Å². The zero-order valence-corrected chi connectivity index (χ0v) is 15.9. The van der Waals surface area contributed by atoms with Gasteiger partial charge in [0.25, 0.3) is 0 Å². The number of guanidine groups is 1. The Balaban J connectivity index is 1.89. The first-order chi connectivity index (χ1) is 12.4. The number of aliphatic hydroxyl groups is 1. The van der Waals surface area contributed by atoms with Crippen LogP contribution in [0, 0.1) is 0 Å². The van der Waals surface area contributed by atoms with Gasteiger partial charge in [0.05, 0.1) is 5.54 Å². The number of nitrogens with zero attached hydrogens (tertiary/aromatic N) is 2. The monoisotopic (exact) mass is 351 g/mol. The van der Waals surface area contributed by atoms with Gasteiger partial charge in [-0.25, -0.2) is 4.99 Å². The minimum atomic E-state index is -0.626. The highest BCUT2D eigenvalue weighted by Crippen LogP contribution is 2.36. The first-order valence-corrected chi connectivity index (χ1v) is 9.39. The molecule has 3 rings (SSSR count). The molecule has 1 aliphatic heterocycles. The van der Waals surface area contributed by atoms with E-state index in [0.717, 1.165) is 17.5 Å². The van der Waals surface area contributed by atoms with Crippen molar-refractivity contribution in [1.82, 2.24) is 4.90 Å². The summed E-state index contributed by atoms with van der Waals surface area (Å²) in [6, 6.07) is 17.2. The largest absolute Gasteiger partial charge is 0.373 e. The molecular weight excluding hydrogens is 322 g/mol. The topological polar surface area (TPSA) is 61.8 Å². The Bertz CT molecular complexity index is 784. The van der Waals surface area contributed by atoms with E-state index in [1.165, 1.54) is 24.0 Å². The minimum absolute atomic E-state index is 0.372. The molecule has 0 aliphatic carbocycles. The molecular formula is C22H29N3O. The summed E-state index contributed by atoms with van der Waals surface area (Å²) >= 11 is 0. The Morgan fingerprint density at radius 2 is 1.92 bits per heavy atom. The third-order valence-electron chi connectivity index (χ3n) is 5.34. The quantitative estimate of drug-likeness (QED) is 0.859. The summed E-state index contributed by atoms with van der Waals surface area (Å²) in [5.74, 6) is 0.372. The second-order valence-electron chi connectivity index (χ2n) is 7.42. The summed E-state index contributed by atoms with van der Waals surface area (Å²) in [4.78, 5) is 6.27. The van der Waals surface area contributed by atoms with Gasteiger partial charge in [-0.3, -0.25) is 0 Å². The Hall–Kier alpha value is -2.33. The van der Waals surface area contributed by atoms with Crippen LogP contribution in [0.2, 0.25) is 0 Å². The van der Waals surface area contributed by atoms with E-state index in [0.29, 0.717) is 12.4 Å². The van der Waals surface area contributed by atoms with E-state index in [4.69, 9.17) is 5.73 Å². The lowest BCUT2D eigenvalue weighted by molar-refractivity contribution is 0.0292. The van der Waals surface area contributed by atoms with Crippen molar-refractivity contribution in [3.8, 4) is 11.1 Å². The molecule has 2 aromatic rings. The molecule has 2 unspecified atom stereocenters. The molecule has 0 amide bonds. The van der Waals surface area contributed by atoms with Crippen LogP contribution in [0.5, 0.6) is 0 Å². The van der Waals surface area contributed by atoms with Crippen LogP contribution in [0.1, 0.15) is 44.2 Å². The van der Waals surface area contributed by atoms with Gasteiger partial charge < -0.3 is 15.7 Å². The summed E-state index contributed by atoms with van der Waals surface area (Å²) < 4.78 is 0. The summed E-state index contributed by atoms with van der Waals surface area (Å²) in [5, 5.41) is 10.3. The maximum absolute atomic E-state index is 10.3. The molecule has 0 bridgehead atoms. The summed E-state index contributed by atoms with van der Waals surface area (Å²) in [6.45, 7) is 4.25. The Morgan fingerprint density at radius 3 is 2.58 bits per heavy atom. The number of hydrogen-bond acceptors (Lipinski definition) is 4. The van der Waals surface area contributed by atoms with E-state index in [1.54, 1.807) is 11.9 Å². The van der Waals surface area contributed by atoms with Crippen LogP contribution in [0.4, 0.5) is 0 Å². The van der Waals surface area contributed by atoms with E-state index in [1.807, 2.05) is 6.92 Å². The molecule has 3 N–H and O–H groups in total. The predicted octanol–water partition coefficient (Wildman–Crippen LogP) is 3.88. The van der Waals surface area contributed by atoms with Crippen molar-refractivity contribution >= 4 is 5.96 Å². The average Bonchev–Trinajstić information content (AvgIpc) is 2.65. The van der Waals surface area contributed by atoms with Crippen molar-refractivity contribution in [3.63, 3.8) is 0 Å². The predicted molar refractivity (Wildman–Crippen MR) is 108 cm³/mol. The average molecular weight is 351 g/mol. The van der Waals surface area contributed by atoms with Gasteiger partial charge in [0.15, 0.2) is 5.96 Å². The highest BCUT2D eigenvalue weighted by Gasteiger charge is 2.36. The van der Waals surface area contributed by atoms with E-state index in [2.05, 4.69) is 60.4 Å². The van der Waals surface area contributed by atoms with Crippen LogP contribution in [0.3, 0.4) is 0 Å². The summed E-state index contributed by atoms with van der Waals surface area (Å²) in [6.07, 6.45) is 3.47. The summed E-state index contributed by atoms with van der Waals surface area (Å²) in [7, 11) is 1.76. The van der Waals surface area contributed by atoms with Crippen molar-refractivity contribution in [2.45, 2.75) is 51.3 Å². The molecule has 0 aromatic heterocycles. The van der Waals surface area contributed by atoms with Crippen molar-refractivity contribution in [2.75, 3.05) is 7.05 Å². The highest BCUT2D eigenvalue weighted by molar-refractivity contribution is 5.79. The lowest BCUT2D eigenvalue weighted by atomic mass is 9.85. The second-order valence-corrected chi connectivity index (χ2v) is 7.42. The van der Waals surface area contributed by atoms with Gasteiger partial charge in [0, 0.05) is 13.5 Å². The number of unbranched alkanes of at least 4 members (excludes halogenated alkanes) is 1. The standard InChI is InChI=1S/C22H29N3O/c1-4-5-7-16-10-12-17(13-11-16)18-8-6-9-19(14-18)22(2)15-20(26)25(3)21(23)24-22/h6,8-14,20,26H,4-5,7,15H2,1-3H3,(H2,23,24). The number of aryl methyl sites for hydroxylation is 1. The Morgan fingerprint density at radius 1 is 1.19 bits per heavy atom. The molecule has 2 atom stereocenters. The van der Waals surface area contributed by atoms with Gasteiger partial charge in [-0.15, -0.1) is 0 Å². The molecule has 0 radical (unpaired) electrons.